The summed E-state index contributed by atoms with van der Waals surface area (Å²) in [7, 11) is 3.16. The lowest BCUT2D eigenvalue weighted by atomic mass is 10.2. The average molecular weight is 289 g/mol. The SMILES string of the molecule is COc1ccc(Nc2cc(Cl)ccc2C#N)c(OC)c1. The number of halogens is 1. The van der Waals surface area contributed by atoms with Gasteiger partial charge in [-0.2, -0.15) is 5.26 Å². The highest BCUT2D eigenvalue weighted by Gasteiger charge is 2.08. The van der Waals surface area contributed by atoms with Crippen LogP contribution >= 0.6 is 11.6 Å². The van der Waals surface area contributed by atoms with Crippen molar-refractivity contribution >= 4 is 23.0 Å². The van der Waals surface area contributed by atoms with Crippen LogP contribution in [0.1, 0.15) is 5.56 Å². The van der Waals surface area contributed by atoms with Crippen molar-refractivity contribution in [2.45, 2.75) is 0 Å². The van der Waals surface area contributed by atoms with Crippen LogP contribution in [0.15, 0.2) is 36.4 Å². The molecule has 4 nitrogen and oxygen atoms in total. The van der Waals surface area contributed by atoms with Gasteiger partial charge in [0.2, 0.25) is 0 Å². The second-order valence-electron chi connectivity index (χ2n) is 3.99. The second-order valence-corrected chi connectivity index (χ2v) is 4.43. The molecule has 5 heteroatoms. The molecular weight excluding hydrogens is 276 g/mol. The molecule has 0 amide bonds. The summed E-state index contributed by atoms with van der Waals surface area (Å²) in [6.45, 7) is 0. The summed E-state index contributed by atoms with van der Waals surface area (Å²) in [6, 6.07) is 12.5. The normalized spacial score (nSPS) is 9.70. The minimum atomic E-state index is 0.507. The third-order valence-corrected chi connectivity index (χ3v) is 3.02. The molecule has 102 valence electrons. The summed E-state index contributed by atoms with van der Waals surface area (Å²) in [5.41, 5.74) is 1.86. The molecule has 0 saturated carbocycles. The maximum absolute atomic E-state index is 9.11. The Hall–Kier alpha value is -2.38. The Balaban J connectivity index is 2.40. The van der Waals surface area contributed by atoms with E-state index in [1.165, 1.54) is 0 Å². The van der Waals surface area contributed by atoms with E-state index in [9.17, 15) is 0 Å². The summed E-state index contributed by atoms with van der Waals surface area (Å²) < 4.78 is 10.5. The molecule has 2 rings (SSSR count). The Morgan fingerprint density at radius 3 is 2.50 bits per heavy atom. The largest absolute Gasteiger partial charge is 0.497 e. The molecule has 1 N–H and O–H groups in total. The fraction of sp³-hybridized carbons (Fsp3) is 0.133. The van der Waals surface area contributed by atoms with E-state index in [4.69, 9.17) is 26.3 Å². The molecule has 20 heavy (non-hydrogen) atoms. The van der Waals surface area contributed by atoms with Crippen LogP contribution in [0.2, 0.25) is 5.02 Å². The zero-order chi connectivity index (χ0) is 14.5. The Kier molecular flexibility index (Phi) is 4.34. The van der Waals surface area contributed by atoms with Gasteiger partial charge >= 0.3 is 0 Å². The molecule has 0 radical (unpaired) electrons. The van der Waals surface area contributed by atoms with E-state index in [-0.39, 0.29) is 0 Å². The first kappa shape index (κ1) is 14.0. The standard InChI is InChI=1S/C15H13ClN2O2/c1-19-12-5-6-13(15(8-12)20-2)18-14-7-11(16)4-3-10(14)9-17/h3-8,18H,1-2H3. The van der Waals surface area contributed by atoms with Crippen molar-refractivity contribution in [2.75, 3.05) is 19.5 Å². The van der Waals surface area contributed by atoms with Crippen molar-refractivity contribution in [1.82, 2.24) is 0 Å². The van der Waals surface area contributed by atoms with E-state index < -0.39 is 0 Å². The molecule has 0 aliphatic heterocycles. The Labute approximate surface area is 122 Å². The number of anilines is 2. The van der Waals surface area contributed by atoms with Crippen LogP contribution < -0.4 is 14.8 Å². The van der Waals surface area contributed by atoms with Gasteiger partial charge < -0.3 is 14.8 Å². The van der Waals surface area contributed by atoms with Crippen LogP contribution in [0.25, 0.3) is 0 Å². The average Bonchev–Trinajstić information content (AvgIpc) is 2.48. The molecule has 0 aliphatic carbocycles. The van der Waals surface area contributed by atoms with Gasteiger partial charge in [0.1, 0.15) is 17.6 Å². The van der Waals surface area contributed by atoms with Crippen LogP contribution in [-0.4, -0.2) is 14.2 Å². The van der Waals surface area contributed by atoms with Crippen LogP contribution in [0, 0.1) is 11.3 Å². The molecule has 0 unspecified atom stereocenters. The van der Waals surface area contributed by atoms with Crippen LogP contribution in [-0.2, 0) is 0 Å². The summed E-state index contributed by atoms with van der Waals surface area (Å²) >= 11 is 5.96. The summed E-state index contributed by atoms with van der Waals surface area (Å²) in [5, 5.41) is 12.8. The molecule has 0 saturated heterocycles. The molecule has 2 aromatic carbocycles. The third kappa shape index (κ3) is 2.95. The predicted molar refractivity (Wildman–Crippen MR) is 79.0 cm³/mol. The van der Waals surface area contributed by atoms with Crippen molar-refractivity contribution in [3.63, 3.8) is 0 Å². The lowest BCUT2D eigenvalue weighted by Crippen LogP contribution is -1.97. The maximum Gasteiger partial charge on any atom is 0.145 e. The topological polar surface area (TPSA) is 54.3 Å². The molecule has 0 atom stereocenters. The van der Waals surface area contributed by atoms with E-state index in [1.807, 2.05) is 6.07 Å². The summed E-state index contributed by atoms with van der Waals surface area (Å²) in [5.74, 6) is 1.31. The molecule has 0 heterocycles. The van der Waals surface area contributed by atoms with Crippen molar-refractivity contribution in [3.8, 4) is 17.6 Å². The van der Waals surface area contributed by atoms with E-state index in [1.54, 1.807) is 44.6 Å². The second kappa shape index (κ2) is 6.18. The quantitative estimate of drug-likeness (QED) is 0.925. The Morgan fingerprint density at radius 2 is 1.85 bits per heavy atom. The van der Waals surface area contributed by atoms with E-state index >= 15 is 0 Å². The number of nitriles is 1. The first-order chi connectivity index (χ1) is 9.67. The van der Waals surface area contributed by atoms with Gasteiger partial charge in [0.05, 0.1) is 31.2 Å². The highest BCUT2D eigenvalue weighted by Crippen LogP contribution is 2.33. The third-order valence-electron chi connectivity index (χ3n) is 2.78. The minimum Gasteiger partial charge on any atom is -0.497 e. The molecule has 0 fully saturated rings. The number of nitrogens with zero attached hydrogens (tertiary/aromatic N) is 1. The summed E-state index contributed by atoms with van der Waals surface area (Å²) in [4.78, 5) is 0. The van der Waals surface area contributed by atoms with Crippen molar-refractivity contribution in [3.05, 3.63) is 47.0 Å². The van der Waals surface area contributed by atoms with Gasteiger partial charge in [0, 0.05) is 11.1 Å². The number of nitrogens with one attached hydrogen (secondary N) is 1. The van der Waals surface area contributed by atoms with Crippen molar-refractivity contribution < 1.29 is 9.47 Å². The minimum absolute atomic E-state index is 0.507. The molecule has 0 spiro atoms. The summed E-state index contributed by atoms with van der Waals surface area (Å²) in [6.07, 6.45) is 0. The van der Waals surface area contributed by atoms with E-state index in [0.717, 1.165) is 5.69 Å². The van der Waals surface area contributed by atoms with Gasteiger partial charge in [0.15, 0.2) is 0 Å². The van der Waals surface area contributed by atoms with Crippen LogP contribution in [0.4, 0.5) is 11.4 Å². The predicted octanol–water partition coefficient (Wildman–Crippen LogP) is 3.97. The first-order valence-electron chi connectivity index (χ1n) is 5.86. The highest BCUT2D eigenvalue weighted by molar-refractivity contribution is 6.30. The van der Waals surface area contributed by atoms with E-state index in [2.05, 4.69) is 11.4 Å². The van der Waals surface area contributed by atoms with Gasteiger partial charge in [-0.15, -0.1) is 0 Å². The molecule has 0 aromatic heterocycles. The van der Waals surface area contributed by atoms with Crippen molar-refractivity contribution in [1.29, 1.82) is 5.26 Å². The zero-order valence-electron chi connectivity index (χ0n) is 11.1. The smallest absolute Gasteiger partial charge is 0.145 e. The van der Waals surface area contributed by atoms with Gasteiger partial charge in [-0.05, 0) is 30.3 Å². The zero-order valence-corrected chi connectivity index (χ0v) is 11.9. The fourth-order valence-corrected chi connectivity index (χ4v) is 1.94. The monoisotopic (exact) mass is 288 g/mol. The van der Waals surface area contributed by atoms with Gasteiger partial charge in [0.25, 0.3) is 0 Å². The fourth-order valence-electron chi connectivity index (χ4n) is 1.76. The number of methoxy groups -OCH3 is 2. The van der Waals surface area contributed by atoms with Gasteiger partial charge in [-0.1, -0.05) is 11.6 Å². The van der Waals surface area contributed by atoms with Crippen LogP contribution in [0.3, 0.4) is 0 Å². The Morgan fingerprint density at radius 1 is 1.05 bits per heavy atom. The Bertz CT molecular complexity index is 665. The lowest BCUT2D eigenvalue weighted by molar-refractivity contribution is 0.395. The van der Waals surface area contributed by atoms with E-state index in [0.29, 0.717) is 27.8 Å². The molecular formula is C15H13ClN2O2. The number of hydrogen-bond donors (Lipinski definition) is 1. The number of benzene rings is 2. The number of rotatable bonds is 4. The lowest BCUT2D eigenvalue weighted by Gasteiger charge is -2.13. The van der Waals surface area contributed by atoms with Gasteiger partial charge in [-0.25, -0.2) is 0 Å². The number of ether oxygens (including phenoxy) is 2. The van der Waals surface area contributed by atoms with Crippen molar-refractivity contribution in [2.24, 2.45) is 0 Å². The highest BCUT2D eigenvalue weighted by atomic mass is 35.5. The molecule has 0 bridgehead atoms. The maximum atomic E-state index is 9.11. The molecule has 2 aromatic rings. The first-order valence-corrected chi connectivity index (χ1v) is 6.24. The van der Waals surface area contributed by atoms with Gasteiger partial charge in [-0.3, -0.25) is 0 Å². The van der Waals surface area contributed by atoms with Crippen LogP contribution in [0.5, 0.6) is 11.5 Å². The number of hydrogen-bond acceptors (Lipinski definition) is 4. The molecule has 0 aliphatic rings.